The van der Waals surface area contributed by atoms with Crippen LogP contribution in [0.5, 0.6) is 0 Å². The van der Waals surface area contributed by atoms with Crippen molar-refractivity contribution in [2.24, 2.45) is 16.0 Å². The molecule has 0 fully saturated rings. The third-order valence-corrected chi connectivity index (χ3v) is 4.71. The summed E-state index contributed by atoms with van der Waals surface area (Å²) in [4.78, 5) is 6.53. The van der Waals surface area contributed by atoms with Gasteiger partial charge in [0.15, 0.2) is 0 Å². The molecule has 0 unspecified atom stereocenters. The molecule has 2 aromatic rings. The molecule has 158 valence electrons. The van der Waals surface area contributed by atoms with E-state index in [9.17, 15) is 0 Å². The van der Waals surface area contributed by atoms with Crippen molar-refractivity contribution >= 4 is 24.7 Å². The van der Waals surface area contributed by atoms with E-state index in [0.29, 0.717) is 13.1 Å². The highest BCUT2D eigenvalue weighted by molar-refractivity contribution is 5.69. The number of pyridine rings is 1. The number of aryl methyl sites for hydroxylation is 1. The Morgan fingerprint density at radius 3 is 2.67 bits per heavy atom. The molecule has 0 saturated heterocycles. The minimum atomic E-state index is 0.592. The number of nitrogens with zero attached hydrogens (tertiary/aromatic N) is 5. The van der Waals surface area contributed by atoms with Crippen molar-refractivity contribution in [2.45, 2.75) is 33.2 Å². The SMILES string of the molecule is C=Cc1cccc(CN(/C=N\N=C)C/C(=C\N(C)N)c2ccc(C)nc2)c1CCC. The maximum absolute atomic E-state index is 5.94. The van der Waals surface area contributed by atoms with Gasteiger partial charge in [0.2, 0.25) is 0 Å². The molecule has 30 heavy (non-hydrogen) atoms. The predicted octanol–water partition coefficient (Wildman–Crippen LogP) is 4.28. The quantitative estimate of drug-likeness (QED) is 0.263. The summed E-state index contributed by atoms with van der Waals surface area (Å²) in [5, 5.41) is 9.24. The Balaban J connectivity index is 2.39. The second-order valence-corrected chi connectivity index (χ2v) is 7.22. The monoisotopic (exact) mass is 404 g/mol. The number of aromatic nitrogens is 1. The fraction of sp³-hybridized carbons (Fsp3) is 0.292. The van der Waals surface area contributed by atoms with Crippen molar-refractivity contribution in [3.63, 3.8) is 0 Å². The molecule has 0 spiro atoms. The van der Waals surface area contributed by atoms with E-state index in [-0.39, 0.29) is 0 Å². The lowest BCUT2D eigenvalue weighted by atomic mass is 9.96. The zero-order valence-corrected chi connectivity index (χ0v) is 18.3. The number of rotatable bonds is 11. The summed E-state index contributed by atoms with van der Waals surface area (Å²) in [7, 11) is 1.80. The van der Waals surface area contributed by atoms with Crippen LogP contribution in [-0.4, -0.2) is 41.5 Å². The Hall–Kier alpha value is -3.25. The van der Waals surface area contributed by atoms with Crippen LogP contribution in [0.2, 0.25) is 0 Å². The van der Waals surface area contributed by atoms with Gasteiger partial charge in [0, 0.05) is 44.9 Å². The van der Waals surface area contributed by atoms with Crippen LogP contribution in [0.15, 0.2) is 59.5 Å². The topological polar surface area (TPSA) is 70.1 Å². The van der Waals surface area contributed by atoms with Gasteiger partial charge in [-0.25, -0.2) is 5.84 Å². The molecule has 0 aliphatic rings. The van der Waals surface area contributed by atoms with Crippen LogP contribution in [0.1, 0.15) is 41.3 Å². The maximum Gasteiger partial charge on any atom is 0.114 e. The number of hydrogen-bond donors (Lipinski definition) is 1. The van der Waals surface area contributed by atoms with Gasteiger partial charge < -0.3 is 9.91 Å². The molecule has 0 saturated carbocycles. The molecule has 2 rings (SSSR count). The second kappa shape index (κ2) is 11.7. The normalized spacial score (nSPS) is 11.5. The maximum atomic E-state index is 5.94. The molecule has 0 radical (unpaired) electrons. The molecular formula is C24H32N6. The number of hydrogen-bond acceptors (Lipinski definition) is 5. The molecule has 0 atom stereocenters. The first-order valence-corrected chi connectivity index (χ1v) is 10.1. The minimum absolute atomic E-state index is 0.592. The molecule has 0 amide bonds. The molecule has 6 heteroatoms. The van der Waals surface area contributed by atoms with E-state index in [1.807, 2.05) is 31.5 Å². The first-order chi connectivity index (χ1) is 14.5. The number of nitrogens with two attached hydrogens (primary N) is 1. The first-order valence-electron chi connectivity index (χ1n) is 10.1. The fourth-order valence-electron chi connectivity index (χ4n) is 3.34. The Labute approximate surface area is 180 Å². The van der Waals surface area contributed by atoms with Crippen molar-refractivity contribution in [2.75, 3.05) is 13.6 Å². The van der Waals surface area contributed by atoms with E-state index in [1.165, 1.54) is 16.7 Å². The average molecular weight is 405 g/mol. The van der Waals surface area contributed by atoms with Gasteiger partial charge in [-0.05, 0) is 47.2 Å². The van der Waals surface area contributed by atoms with Crippen LogP contribution < -0.4 is 5.84 Å². The summed E-state index contributed by atoms with van der Waals surface area (Å²) in [6, 6.07) is 10.4. The third-order valence-electron chi connectivity index (χ3n) is 4.71. The lowest BCUT2D eigenvalue weighted by molar-refractivity contribution is 0.458. The first kappa shape index (κ1) is 23.0. The second-order valence-electron chi connectivity index (χ2n) is 7.22. The fourth-order valence-corrected chi connectivity index (χ4v) is 3.34. The standard InChI is InChI=1S/C24H32N6/c1-6-9-24-20(7-2)10-8-11-22(24)16-30(18-28-26-4)17-23(15-29(5)25)21-13-12-19(3)27-14-21/h7-8,10-15,18H,2,4,6,9,16-17,25H2,1,3,5H3/b23-15+,28-18-. The van der Waals surface area contributed by atoms with Gasteiger partial charge in [-0.1, -0.05) is 50.3 Å². The molecule has 0 aliphatic heterocycles. The van der Waals surface area contributed by atoms with E-state index in [2.05, 4.69) is 64.6 Å². The minimum Gasteiger partial charge on any atom is -0.352 e. The highest BCUT2D eigenvalue weighted by Crippen LogP contribution is 2.22. The summed E-state index contributed by atoms with van der Waals surface area (Å²) < 4.78 is 0. The summed E-state index contributed by atoms with van der Waals surface area (Å²) in [5.74, 6) is 5.94. The molecule has 1 aromatic carbocycles. The van der Waals surface area contributed by atoms with Gasteiger partial charge in [0.25, 0.3) is 0 Å². The van der Waals surface area contributed by atoms with E-state index in [1.54, 1.807) is 18.4 Å². The smallest absolute Gasteiger partial charge is 0.114 e. The number of benzene rings is 1. The van der Waals surface area contributed by atoms with E-state index >= 15 is 0 Å². The van der Waals surface area contributed by atoms with E-state index in [4.69, 9.17) is 5.84 Å². The highest BCUT2D eigenvalue weighted by Gasteiger charge is 2.13. The molecule has 1 aromatic heterocycles. The molecular weight excluding hydrogens is 372 g/mol. The van der Waals surface area contributed by atoms with Crippen LogP contribution in [0.25, 0.3) is 11.6 Å². The highest BCUT2D eigenvalue weighted by atomic mass is 15.4. The zero-order chi connectivity index (χ0) is 21.9. The lowest BCUT2D eigenvalue weighted by Gasteiger charge is -2.24. The lowest BCUT2D eigenvalue weighted by Crippen LogP contribution is -2.26. The molecule has 0 aliphatic carbocycles. The van der Waals surface area contributed by atoms with Gasteiger partial charge in [0.1, 0.15) is 6.34 Å². The van der Waals surface area contributed by atoms with Gasteiger partial charge >= 0.3 is 0 Å². The largest absolute Gasteiger partial charge is 0.352 e. The van der Waals surface area contributed by atoms with Crippen LogP contribution in [0.4, 0.5) is 0 Å². The van der Waals surface area contributed by atoms with E-state index in [0.717, 1.165) is 29.7 Å². The Kier molecular flexibility index (Phi) is 8.97. The van der Waals surface area contributed by atoms with Gasteiger partial charge in [-0.2, -0.15) is 5.10 Å². The molecule has 6 nitrogen and oxygen atoms in total. The van der Waals surface area contributed by atoms with Gasteiger partial charge in [0.05, 0.1) is 0 Å². The summed E-state index contributed by atoms with van der Waals surface area (Å²) in [6.45, 7) is 12.9. The number of hydrazine groups is 1. The van der Waals surface area contributed by atoms with Crippen LogP contribution in [-0.2, 0) is 13.0 Å². The predicted molar refractivity (Wildman–Crippen MR) is 128 cm³/mol. The summed E-state index contributed by atoms with van der Waals surface area (Å²) >= 11 is 0. The van der Waals surface area contributed by atoms with Gasteiger partial charge in [-0.3, -0.25) is 4.98 Å². The Bertz CT molecular complexity index is 896. The van der Waals surface area contributed by atoms with Crippen molar-refractivity contribution < 1.29 is 0 Å². The Morgan fingerprint density at radius 2 is 2.07 bits per heavy atom. The molecule has 0 bridgehead atoms. The van der Waals surface area contributed by atoms with E-state index < -0.39 is 0 Å². The van der Waals surface area contributed by atoms with Crippen molar-refractivity contribution in [1.29, 1.82) is 0 Å². The third kappa shape index (κ3) is 6.67. The van der Waals surface area contributed by atoms with Crippen molar-refractivity contribution in [1.82, 2.24) is 14.9 Å². The molecule has 2 N–H and O–H groups in total. The van der Waals surface area contributed by atoms with Crippen LogP contribution in [0, 0.1) is 6.92 Å². The average Bonchev–Trinajstić information content (AvgIpc) is 2.73. The van der Waals surface area contributed by atoms with Gasteiger partial charge in [-0.15, -0.1) is 5.10 Å². The molecule has 1 heterocycles. The summed E-state index contributed by atoms with van der Waals surface area (Å²) in [6.07, 6.45) is 9.48. The zero-order valence-electron chi connectivity index (χ0n) is 18.3. The summed E-state index contributed by atoms with van der Waals surface area (Å²) in [5.41, 5.74) is 6.74. The van der Waals surface area contributed by atoms with Crippen molar-refractivity contribution in [3.8, 4) is 0 Å². The Morgan fingerprint density at radius 1 is 1.27 bits per heavy atom. The van der Waals surface area contributed by atoms with Crippen LogP contribution >= 0.6 is 0 Å². The van der Waals surface area contributed by atoms with Crippen LogP contribution in [0.3, 0.4) is 0 Å². The van der Waals surface area contributed by atoms with Crippen molar-refractivity contribution in [3.05, 3.63) is 77.3 Å².